The summed E-state index contributed by atoms with van der Waals surface area (Å²) >= 11 is 0. The van der Waals surface area contributed by atoms with Crippen molar-refractivity contribution in [3.8, 4) is 23.0 Å². The molecule has 0 amide bonds. The van der Waals surface area contributed by atoms with E-state index in [4.69, 9.17) is 4.74 Å². The van der Waals surface area contributed by atoms with Crippen molar-refractivity contribution < 1.29 is 14.3 Å². The van der Waals surface area contributed by atoms with Crippen molar-refractivity contribution in [2.24, 2.45) is 0 Å². The molecule has 0 fully saturated rings. The van der Waals surface area contributed by atoms with Gasteiger partial charge in [0.05, 0.1) is 12.2 Å². The monoisotopic (exact) mass is 354 g/mol. The first-order valence-electron chi connectivity index (χ1n) is 8.64. The Kier molecular flexibility index (Phi) is 5.81. The number of esters is 1. The average molecular weight is 354 g/mol. The van der Waals surface area contributed by atoms with Gasteiger partial charge in [-0.15, -0.1) is 0 Å². The van der Waals surface area contributed by atoms with Crippen LogP contribution < -0.4 is 0 Å². The molecule has 0 atom stereocenters. The van der Waals surface area contributed by atoms with Gasteiger partial charge in [0.15, 0.2) is 0 Å². The zero-order chi connectivity index (χ0) is 19.1. The fraction of sp³-hybridized carbons (Fsp3) is 0.0833. The van der Waals surface area contributed by atoms with Crippen LogP contribution in [0.3, 0.4) is 0 Å². The molecule has 0 radical (unpaired) electrons. The van der Waals surface area contributed by atoms with Crippen LogP contribution in [0.2, 0.25) is 0 Å². The molecule has 0 aliphatic rings. The zero-order valence-electron chi connectivity index (χ0n) is 14.9. The van der Waals surface area contributed by atoms with Gasteiger partial charge >= 0.3 is 5.97 Å². The van der Waals surface area contributed by atoms with Crippen molar-refractivity contribution in [2.45, 2.75) is 6.92 Å². The summed E-state index contributed by atoms with van der Waals surface area (Å²) in [5.41, 5.74) is 4.87. The highest BCUT2D eigenvalue weighted by atomic mass is 16.5. The van der Waals surface area contributed by atoms with Gasteiger partial charge in [0, 0.05) is 16.7 Å². The smallest absolute Gasteiger partial charge is 0.338 e. The van der Waals surface area contributed by atoms with Crippen LogP contribution >= 0.6 is 0 Å². The molecule has 0 N–H and O–H groups in total. The molecule has 3 heteroatoms. The van der Waals surface area contributed by atoms with Gasteiger partial charge in [-0.3, -0.25) is 4.79 Å². The van der Waals surface area contributed by atoms with Crippen molar-refractivity contribution in [3.05, 3.63) is 95.1 Å². The van der Waals surface area contributed by atoms with E-state index in [1.165, 1.54) is 0 Å². The Bertz CT molecular complexity index is 1000. The third kappa shape index (κ3) is 4.71. The van der Waals surface area contributed by atoms with E-state index in [0.29, 0.717) is 17.7 Å². The highest BCUT2D eigenvalue weighted by Crippen LogP contribution is 2.21. The highest BCUT2D eigenvalue weighted by molar-refractivity contribution is 5.91. The Labute approximate surface area is 158 Å². The van der Waals surface area contributed by atoms with Crippen LogP contribution in [0.15, 0.2) is 72.8 Å². The highest BCUT2D eigenvalue weighted by Gasteiger charge is 2.07. The Morgan fingerprint density at radius 3 is 2.11 bits per heavy atom. The van der Waals surface area contributed by atoms with E-state index in [1.54, 1.807) is 25.1 Å². The minimum absolute atomic E-state index is 0.317. The van der Waals surface area contributed by atoms with E-state index in [1.807, 2.05) is 54.6 Å². The fourth-order valence-electron chi connectivity index (χ4n) is 2.58. The first-order valence-corrected chi connectivity index (χ1v) is 8.64. The number of hydrogen-bond acceptors (Lipinski definition) is 3. The van der Waals surface area contributed by atoms with Crippen molar-refractivity contribution in [2.75, 3.05) is 6.61 Å². The lowest BCUT2D eigenvalue weighted by molar-refractivity contribution is 0.0526. The molecular weight excluding hydrogens is 336 g/mol. The van der Waals surface area contributed by atoms with Crippen molar-refractivity contribution in [3.63, 3.8) is 0 Å². The minimum Gasteiger partial charge on any atom is -0.462 e. The Morgan fingerprint density at radius 2 is 1.52 bits per heavy atom. The SMILES string of the molecule is CCOC(=O)c1cccc(-c2ccc(C#Cc3ccc(C=O)cc3)cc2)c1. The van der Waals surface area contributed by atoms with Gasteiger partial charge < -0.3 is 4.74 Å². The van der Waals surface area contributed by atoms with Gasteiger partial charge in [-0.05, 0) is 54.4 Å². The van der Waals surface area contributed by atoms with Crippen LogP contribution in [0.4, 0.5) is 0 Å². The lowest BCUT2D eigenvalue weighted by Crippen LogP contribution is -2.04. The molecule has 3 rings (SSSR count). The molecule has 0 heterocycles. The maximum atomic E-state index is 11.9. The standard InChI is InChI=1S/C24H18O3/c1-2-27-24(26)23-5-3-4-22(16-23)21-14-12-19(13-15-21)7-6-18-8-10-20(17-25)11-9-18/h3-5,8-17H,2H2,1H3. The Morgan fingerprint density at radius 1 is 0.889 bits per heavy atom. The molecule has 3 aromatic carbocycles. The van der Waals surface area contributed by atoms with Crippen LogP contribution in [0, 0.1) is 11.8 Å². The van der Waals surface area contributed by atoms with Crippen molar-refractivity contribution in [1.29, 1.82) is 0 Å². The Hall–Kier alpha value is -3.64. The van der Waals surface area contributed by atoms with E-state index >= 15 is 0 Å². The number of aldehydes is 1. The maximum Gasteiger partial charge on any atom is 0.338 e. The minimum atomic E-state index is -0.317. The molecule has 3 aromatic rings. The summed E-state index contributed by atoms with van der Waals surface area (Å²) in [5.74, 6) is 5.88. The predicted molar refractivity (Wildman–Crippen MR) is 106 cm³/mol. The predicted octanol–water partition coefficient (Wildman–Crippen LogP) is 4.74. The topological polar surface area (TPSA) is 43.4 Å². The molecule has 0 unspecified atom stereocenters. The van der Waals surface area contributed by atoms with Gasteiger partial charge in [0.1, 0.15) is 6.29 Å². The first kappa shape index (κ1) is 18.2. The lowest BCUT2D eigenvalue weighted by atomic mass is 10.0. The largest absolute Gasteiger partial charge is 0.462 e. The lowest BCUT2D eigenvalue weighted by Gasteiger charge is -2.05. The molecule has 0 saturated heterocycles. The summed E-state index contributed by atoms with van der Waals surface area (Å²) in [6, 6.07) is 22.4. The van der Waals surface area contributed by atoms with Gasteiger partial charge in [-0.2, -0.15) is 0 Å². The first-order chi connectivity index (χ1) is 13.2. The van der Waals surface area contributed by atoms with Crippen LogP contribution in [0.1, 0.15) is 38.8 Å². The van der Waals surface area contributed by atoms with Gasteiger partial charge in [-0.1, -0.05) is 48.2 Å². The molecule has 0 aromatic heterocycles. The molecule has 3 nitrogen and oxygen atoms in total. The average Bonchev–Trinajstić information content (AvgIpc) is 2.73. The number of carbonyl (C=O) groups excluding carboxylic acids is 2. The number of ether oxygens (including phenoxy) is 1. The van der Waals surface area contributed by atoms with Crippen LogP contribution in [0.25, 0.3) is 11.1 Å². The second-order valence-corrected chi connectivity index (χ2v) is 5.87. The molecule has 132 valence electrons. The normalized spacial score (nSPS) is 9.81. The van der Waals surface area contributed by atoms with E-state index in [-0.39, 0.29) is 5.97 Å². The summed E-state index contributed by atoms with van der Waals surface area (Å²) < 4.78 is 5.05. The van der Waals surface area contributed by atoms with E-state index in [0.717, 1.165) is 28.5 Å². The number of rotatable bonds is 4. The summed E-state index contributed by atoms with van der Waals surface area (Å²) in [4.78, 5) is 22.6. The quantitative estimate of drug-likeness (QED) is 0.386. The summed E-state index contributed by atoms with van der Waals surface area (Å²) in [6.45, 7) is 2.15. The summed E-state index contributed by atoms with van der Waals surface area (Å²) in [7, 11) is 0. The van der Waals surface area contributed by atoms with Crippen LogP contribution in [-0.4, -0.2) is 18.9 Å². The fourth-order valence-corrected chi connectivity index (χ4v) is 2.58. The van der Waals surface area contributed by atoms with Crippen molar-refractivity contribution >= 4 is 12.3 Å². The van der Waals surface area contributed by atoms with Crippen LogP contribution in [-0.2, 0) is 4.74 Å². The van der Waals surface area contributed by atoms with E-state index in [2.05, 4.69) is 11.8 Å². The molecule has 0 spiro atoms. The number of benzene rings is 3. The molecule has 0 saturated carbocycles. The summed E-state index contributed by atoms with van der Waals surface area (Å²) in [5, 5.41) is 0. The van der Waals surface area contributed by atoms with Gasteiger partial charge in [0.2, 0.25) is 0 Å². The maximum absolute atomic E-state index is 11.9. The van der Waals surface area contributed by atoms with E-state index < -0.39 is 0 Å². The molecule has 27 heavy (non-hydrogen) atoms. The summed E-state index contributed by atoms with van der Waals surface area (Å²) in [6.07, 6.45) is 0.812. The third-order valence-corrected chi connectivity index (χ3v) is 3.99. The molecule has 0 aliphatic carbocycles. The van der Waals surface area contributed by atoms with Gasteiger partial charge in [-0.25, -0.2) is 4.79 Å². The number of hydrogen-bond donors (Lipinski definition) is 0. The molecular formula is C24H18O3. The van der Waals surface area contributed by atoms with Crippen LogP contribution in [0.5, 0.6) is 0 Å². The number of carbonyl (C=O) groups is 2. The zero-order valence-corrected chi connectivity index (χ0v) is 14.9. The van der Waals surface area contributed by atoms with E-state index in [9.17, 15) is 9.59 Å². The Balaban J connectivity index is 1.77. The molecule has 0 bridgehead atoms. The third-order valence-electron chi connectivity index (χ3n) is 3.99. The molecule has 0 aliphatic heterocycles. The van der Waals surface area contributed by atoms with Gasteiger partial charge in [0.25, 0.3) is 0 Å². The second-order valence-electron chi connectivity index (χ2n) is 5.87. The second kappa shape index (κ2) is 8.64. The van der Waals surface area contributed by atoms with Crippen molar-refractivity contribution in [1.82, 2.24) is 0 Å².